The highest BCUT2D eigenvalue weighted by molar-refractivity contribution is 7.85. The number of aliphatic hydroxyl groups excluding tert-OH is 3. The number of rotatable bonds is 36. The van der Waals surface area contributed by atoms with Crippen molar-refractivity contribution in [2.24, 2.45) is 0 Å². The van der Waals surface area contributed by atoms with Crippen LogP contribution in [0.5, 0.6) is 0 Å². The lowest BCUT2D eigenvalue weighted by Gasteiger charge is -2.40. The summed E-state index contributed by atoms with van der Waals surface area (Å²) in [6.45, 7) is 3.55. The topological polar surface area (TPSA) is 186 Å². The molecule has 12 nitrogen and oxygen atoms in total. The Kier molecular flexibility index (Phi) is 34.2. The normalized spacial score (nSPS) is 20.8. The molecule has 0 aliphatic carbocycles. The first kappa shape index (κ1) is 55.8. The molecule has 0 spiro atoms. The van der Waals surface area contributed by atoms with Crippen molar-refractivity contribution in [3.05, 3.63) is 85.1 Å². The number of allylic oxidation sites excluding steroid dienone is 14. The van der Waals surface area contributed by atoms with Crippen molar-refractivity contribution >= 4 is 22.1 Å². The summed E-state index contributed by atoms with van der Waals surface area (Å²) in [4.78, 5) is 25.4. The van der Waals surface area contributed by atoms with Crippen molar-refractivity contribution in [3.8, 4) is 0 Å². The van der Waals surface area contributed by atoms with E-state index in [2.05, 4.69) is 80.7 Å². The van der Waals surface area contributed by atoms with Gasteiger partial charge in [0.1, 0.15) is 36.8 Å². The first-order valence-electron chi connectivity index (χ1n) is 22.6. The number of esters is 2. The van der Waals surface area contributed by atoms with Gasteiger partial charge in [0, 0.05) is 12.8 Å². The molecule has 6 unspecified atom stereocenters. The van der Waals surface area contributed by atoms with Crippen LogP contribution < -0.4 is 0 Å². The molecule has 0 bridgehead atoms. The Bertz CT molecular complexity index is 1450. The number of unbranched alkanes of at least 4 members (excludes halogenated alkanes) is 10. The van der Waals surface area contributed by atoms with Crippen LogP contribution in [-0.2, 0) is 38.7 Å². The second kappa shape index (κ2) is 37.4. The summed E-state index contributed by atoms with van der Waals surface area (Å²) in [7, 11) is -4.62. The zero-order valence-electron chi connectivity index (χ0n) is 37.0. The van der Waals surface area contributed by atoms with Crippen LogP contribution in [0.15, 0.2) is 85.1 Å². The van der Waals surface area contributed by atoms with E-state index in [1.54, 1.807) is 0 Å². The van der Waals surface area contributed by atoms with Crippen molar-refractivity contribution in [3.63, 3.8) is 0 Å². The van der Waals surface area contributed by atoms with Crippen LogP contribution in [0.1, 0.15) is 149 Å². The van der Waals surface area contributed by atoms with Crippen LogP contribution in [0.2, 0.25) is 0 Å². The molecular weight excluding hydrogens is 801 g/mol. The minimum atomic E-state index is -4.62. The maximum absolute atomic E-state index is 12.8. The third-order valence-corrected chi connectivity index (χ3v) is 10.5. The average Bonchev–Trinajstić information content (AvgIpc) is 3.22. The molecule has 0 aromatic carbocycles. The summed E-state index contributed by atoms with van der Waals surface area (Å²) in [6.07, 6.45) is 39.2. The minimum absolute atomic E-state index is 0.0331. The van der Waals surface area contributed by atoms with Crippen LogP contribution in [0.25, 0.3) is 0 Å². The van der Waals surface area contributed by atoms with E-state index in [1.165, 1.54) is 32.1 Å². The third kappa shape index (κ3) is 32.2. The van der Waals surface area contributed by atoms with Gasteiger partial charge in [-0.05, 0) is 77.0 Å². The van der Waals surface area contributed by atoms with Crippen molar-refractivity contribution in [2.45, 2.75) is 185 Å². The summed E-state index contributed by atoms with van der Waals surface area (Å²) in [5.41, 5.74) is 0. The number of carbonyl (C=O) groups excluding carboxylic acids is 2. The van der Waals surface area contributed by atoms with E-state index in [9.17, 15) is 37.9 Å². The zero-order valence-corrected chi connectivity index (χ0v) is 37.8. The molecule has 1 aliphatic heterocycles. The molecule has 0 amide bonds. The van der Waals surface area contributed by atoms with Crippen molar-refractivity contribution < 1.29 is 56.8 Å². The molecule has 1 rings (SSSR count). The average molecular weight is 879 g/mol. The molecule has 0 radical (unpaired) electrons. The highest BCUT2D eigenvalue weighted by atomic mass is 32.2. The number of hydrogen-bond donors (Lipinski definition) is 4. The van der Waals surface area contributed by atoms with Gasteiger partial charge in [-0.3, -0.25) is 14.1 Å². The maximum atomic E-state index is 12.8. The predicted molar refractivity (Wildman–Crippen MR) is 242 cm³/mol. The van der Waals surface area contributed by atoms with Crippen LogP contribution in [0, 0.1) is 0 Å². The van der Waals surface area contributed by atoms with Gasteiger partial charge in [-0.2, -0.15) is 8.42 Å². The molecule has 0 aromatic heterocycles. The summed E-state index contributed by atoms with van der Waals surface area (Å²) >= 11 is 0. The molecule has 1 saturated heterocycles. The summed E-state index contributed by atoms with van der Waals surface area (Å²) in [6, 6.07) is 0. The molecule has 13 heteroatoms. The van der Waals surface area contributed by atoms with E-state index in [1.807, 2.05) is 18.2 Å². The Morgan fingerprint density at radius 1 is 0.574 bits per heavy atom. The van der Waals surface area contributed by atoms with E-state index in [4.69, 9.17) is 18.9 Å². The van der Waals surface area contributed by atoms with Crippen LogP contribution in [0.3, 0.4) is 0 Å². The highest BCUT2D eigenvalue weighted by Gasteiger charge is 2.46. The Morgan fingerprint density at radius 3 is 1.61 bits per heavy atom. The van der Waals surface area contributed by atoms with Gasteiger partial charge < -0.3 is 34.3 Å². The Morgan fingerprint density at radius 2 is 1.07 bits per heavy atom. The fourth-order valence-corrected chi connectivity index (χ4v) is 6.92. The van der Waals surface area contributed by atoms with Crippen LogP contribution in [-0.4, -0.2) is 96.0 Å². The fourth-order valence-electron chi connectivity index (χ4n) is 6.22. The minimum Gasteiger partial charge on any atom is -0.462 e. The Labute approximate surface area is 367 Å². The Hall–Kier alpha value is -3.17. The van der Waals surface area contributed by atoms with Gasteiger partial charge in [0.25, 0.3) is 10.1 Å². The quantitative estimate of drug-likeness (QED) is 0.0203. The standard InChI is InChI=1S/C48H78O12S/c1-3-5-7-9-11-13-15-17-19-20-21-22-23-25-27-29-31-33-35-37-44(50)59-41(39-58-48-47(53)46(52)45(51)42(60-48)40-61(54,55)56)38-57-43(49)36-34-32-30-28-26-24-18-16-14-12-10-8-6-4-2/h5,7,11,13,16-19,21-22,25,27,31,33,41-42,45-48,51-53H,3-4,6,8-10,12,14-15,20,23-24,26,28-30,32,34-40H2,1-2H3,(H,54,55,56)/b7-5-,13-11-,18-16-,19-17-,22-21-,27-25-,33-31-. The molecule has 0 saturated carbocycles. The van der Waals surface area contributed by atoms with E-state index in [0.717, 1.165) is 70.6 Å². The number of carbonyl (C=O) groups is 2. The van der Waals surface area contributed by atoms with Gasteiger partial charge in [-0.1, -0.05) is 144 Å². The predicted octanol–water partition coefficient (Wildman–Crippen LogP) is 9.28. The smallest absolute Gasteiger partial charge is 0.306 e. The maximum Gasteiger partial charge on any atom is 0.306 e. The molecule has 1 aliphatic rings. The molecule has 4 N–H and O–H groups in total. The van der Waals surface area contributed by atoms with Crippen LogP contribution >= 0.6 is 0 Å². The van der Waals surface area contributed by atoms with E-state index in [0.29, 0.717) is 19.3 Å². The molecular formula is C48H78O12S. The van der Waals surface area contributed by atoms with E-state index >= 15 is 0 Å². The number of aliphatic hydroxyl groups is 3. The van der Waals surface area contributed by atoms with E-state index < -0.39 is 71.2 Å². The molecule has 1 heterocycles. The number of ether oxygens (including phenoxy) is 4. The zero-order chi connectivity index (χ0) is 44.8. The van der Waals surface area contributed by atoms with Crippen molar-refractivity contribution in [2.75, 3.05) is 19.0 Å². The van der Waals surface area contributed by atoms with Gasteiger partial charge in [-0.15, -0.1) is 0 Å². The van der Waals surface area contributed by atoms with Crippen molar-refractivity contribution in [1.82, 2.24) is 0 Å². The molecule has 61 heavy (non-hydrogen) atoms. The SMILES string of the molecule is CC/C=C\C/C=C\C/C=C\C/C=C\C/C=C\C/C=C\CCC(=O)OC(COC(=O)CCCCCCC/C=C\CCCCCCC)COC1OC(CS(=O)(=O)O)C(O)C(O)C1O. The first-order valence-corrected chi connectivity index (χ1v) is 24.3. The van der Waals surface area contributed by atoms with Crippen molar-refractivity contribution in [1.29, 1.82) is 0 Å². The van der Waals surface area contributed by atoms with E-state index in [-0.39, 0.29) is 19.4 Å². The van der Waals surface area contributed by atoms with Gasteiger partial charge in [-0.25, -0.2) is 0 Å². The second-order valence-electron chi connectivity index (χ2n) is 15.3. The monoisotopic (exact) mass is 879 g/mol. The van der Waals surface area contributed by atoms with Gasteiger partial charge in [0.05, 0.1) is 6.61 Å². The number of hydrogen-bond acceptors (Lipinski definition) is 11. The largest absolute Gasteiger partial charge is 0.462 e. The lowest BCUT2D eigenvalue weighted by molar-refractivity contribution is -0.297. The molecule has 348 valence electrons. The third-order valence-electron chi connectivity index (χ3n) is 9.72. The summed E-state index contributed by atoms with van der Waals surface area (Å²) in [5.74, 6) is -2.11. The molecule has 0 aromatic rings. The highest BCUT2D eigenvalue weighted by Crippen LogP contribution is 2.24. The van der Waals surface area contributed by atoms with Gasteiger partial charge in [0.2, 0.25) is 0 Å². The Balaban J connectivity index is 2.52. The second-order valence-corrected chi connectivity index (χ2v) is 16.8. The summed E-state index contributed by atoms with van der Waals surface area (Å²) < 4.78 is 54.0. The molecule has 1 fully saturated rings. The fraction of sp³-hybridized carbons (Fsp3) is 0.667. The summed E-state index contributed by atoms with van der Waals surface area (Å²) in [5, 5.41) is 30.9. The first-order chi connectivity index (χ1) is 29.5. The lowest BCUT2D eigenvalue weighted by Crippen LogP contribution is -2.60. The van der Waals surface area contributed by atoms with Gasteiger partial charge >= 0.3 is 11.9 Å². The van der Waals surface area contributed by atoms with Crippen LogP contribution in [0.4, 0.5) is 0 Å². The van der Waals surface area contributed by atoms with Gasteiger partial charge in [0.15, 0.2) is 12.4 Å². The molecule has 6 atom stereocenters. The lowest BCUT2D eigenvalue weighted by atomic mass is 10.00.